The Bertz CT molecular complexity index is 639. The van der Waals surface area contributed by atoms with Crippen LogP contribution >= 0.6 is 10.7 Å². The van der Waals surface area contributed by atoms with E-state index < -0.39 is 9.05 Å². The van der Waals surface area contributed by atoms with Crippen molar-refractivity contribution in [2.75, 3.05) is 13.1 Å². The average molecular weight is 332 g/mol. The Kier molecular flexibility index (Phi) is 5.82. The van der Waals surface area contributed by atoms with E-state index in [1.54, 1.807) is 24.8 Å². The van der Waals surface area contributed by atoms with Crippen LogP contribution in [0.2, 0.25) is 0 Å². The zero-order chi connectivity index (χ0) is 16.4. The lowest BCUT2D eigenvalue weighted by Gasteiger charge is -2.24. The van der Waals surface area contributed by atoms with E-state index in [-0.39, 0.29) is 10.8 Å². The molecule has 0 atom stereocenters. The van der Waals surface area contributed by atoms with Crippen molar-refractivity contribution in [1.29, 1.82) is 0 Å². The molecule has 4 nitrogen and oxygen atoms in total. The first kappa shape index (κ1) is 18.0. The van der Waals surface area contributed by atoms with Crippen LogP contribution in [-0.4, -0.2) is 32.3 Å². The first-order chi connectivity index (χ1) is 9.57. The summed E-state index contributed by atoms with van der Waals surface area (Å²) in [5.41, 5.74) is 1.69. The molecule has 0 saturated heterocycles. The maximum atomic E-state index is 12.6. The maximum absolute atomic E-state index is 12.6. The number of nitrogens with zero attached hydrogens (tertiary/aromatic N) is 1. The standard InChI is InChI=1S/C15H22ClNO3S/c1-6-17(9-10(2)3)15(18)13-8-14(21(16,19)20)12(5)7-11(13)4/h7-8,10H,6,9H2,1-5H3. The molecule has 1 amide bonds. The molecule has 1 aromatic carbocycles. The number of rotatable bonds is 5. The second-order valence-electron chi connectivity index (χ2n) is 5.61. The fourth-order valence-electron chi connectivity index (χ4n) is 2.29. The minimum absolute atomic E-state index is 0.00119. The predicted molar refractivity (Wildman–Crippen MR) is 85.4 cm³/mol. The second-order valence-corrected chi connectivity index (χ2v) is 8.14. The largest absolute Gasteiger partial charge is 0.339 e. The summed E-state index contributed by atoms with van der Waals surface area (Å²) in [5, 5.41) is 0. The first-order valence-electron chi connectivity index (χ1n) is 6.93. The van der Waals surface area contributed by atoms with Gasteiger partial charge in [-0.2, -0.15) is 0 Å². The molecule has 0 aliphatic rings. The molecular weight excluding hydrogens is 310 g/mol. The van der Waals surface area contributed by atoms with Gasteiger partial charge in [-0.1, -0.05) is 19.9 Å². The SMILES string of the molecule is CCN(CC(C)C)C(=O)c1cc(S(=O)(=O)Cl)c(C)cc1C. The highest BCUT2D eigenvalue weighted by Crippen LogP contribution is 2.24. The molecule has 0 heterocycles. The van der Waals surface area contributed by atoms with Gasteiger partial charge in [-0.15, -0.1) is 0 Å². The number of hydrogen-bond acceptors (Lipinski definition) is 3. The molecule has 0 bridgehead atoms. The third-order valence-electron chi connectivity index (χ3n) is 3.27. The van der Waals surface area contributed by atoms with Crippen molar-refractivity contribution < 1.29 is 13.2 Å². The van der Waals surface area contributed by atoms with Gasteiger partial charge >= 0.3 is 0 Å². The number of benzene rings is 1. The number of amides is 1. The molecule has 0 N–H and O–H groups in total. The van der Waals surface area contributed by atoms with Crippen LogP contribution in [0.3, 0.4) is 0 Å². The quantitative estimate of drug-likeness (QED) is 0.777. The second kappa shape index (κ2) is 6.79. The lowest BCUT2D eigenvalue weighted by molar-refractivity contribution is 0.0745. The van der Waals surface area contributed by atoms with Gasteiger partial charge < -0.3 is 4.90 Å². The van der Waals surface area contributed by atoms with E-state index in [0.717, 1.165) is 5.56 Å². The third-order valence-corrected chi connectivity index (χ3v) is 4.73. The van der Waals surface area contributed by atoms with Crippen LogP contribution in [0.25, 0.3) is 0 Å². The number of carbonyl (C=O) groups excluding carboxylic acids is 1. The molecule has 0 unspecified atom stereocenters. The predicted octanol–water partition coefficient (Wildman–Crippen LogP) is 3.35. The summed E-state index contributed by atoms with van der Waals surface area (Å²) >= 11 is 0. The van der Waals surface area contributed by atoms with Crippen LogP contribution in [0.5, 0.6) is 0 Å². The average Bonchev–Trinajstić information content (AvgIpc) is 2.33. The molecular formula is C15H22ClNO3S. The maximum Gasteiger partial charge on any atom is 0.261 e. The van der Waals surface area contributed by atoms with Crippen LogP contribution < -0.4 is 0 Å². The normalized spacial score (nSPS) is 11.8. The Morgan fingerprint density at radius 1 is 1.24 bits per heavy atom. The van der Waals surface area contributed by atoms with Gasteiger partial charge in [0.2, 0.25) is 0 Å². The third kappa shape index (κ3) is 4.45. The van der Waals surface area contributed by atoms with Crippen molar-refractivity contribution in [2.24, 2.45) is 5.92 Å². The zero-order valence-electron chi connectivity index (χ0n) is 13.1. The number of hydrogen-bond donors (Lipinski definition) is 0. The Balaban J connectivity index is 3.33. The van der Waals surface area contributed by atoms with E-state index in [1.807, 2.05) is 20.8 Å². The van der Waals surface area contributed by atoms with Gasteiger partial charge in [-0.3, -0.25) is 4.79 Å². The summed E-state index contributed by atoms with van der Waals surface area (Å²) in [7, 11) is 1.58. The minimum Gasteiger partial charge on any atom is -0.339 e. The van der Waals surface area contributed by atoms with E-state index in [0.29, 0.717) is 30.1 Å². The van der Waals surface area contributed by atoms with Gasteiger partial charge in [0.1, 0.15) is 0 Å². The summed E-state index contributed by atoms with van der Waals surface area (Å²) in [5.74, 6) is 0.182. The molecule has 0 fully saturated rings. The highest BCUT2D eigenvalue weighted by Gasteiger charge is 2.22. The Hall–Kier alpha value is -1.07. The summed E-state index contributed by atoms with van der Waals surface area (Å²) in [6.45, 7) is 10.7. The fraction of sp³-hybridized carbons (Fsp3) is 0.533. The van der Waals surface area contributed by atoms with E-state index >= 15 is 0 Å². The molecule has 0 radical (unpaired) electrons. The van der Waals surface area contributed by atoms with E-state index in [4.69, 9.17) is 10.7 Å². The van der Waals surface area contributed by atoms with Crippen LogP contribution in [0.4, 0.5) is 0 Å². The summed E-state index contributed by atoms with van der Waals surface area (Å²) in [4.78, 5) is 14.3. The van der Waals surface area contributed by atoms with Crippen LogP contribution in [-0.2, 0) is 9.05 Å². The molecule has 0 aliphatic carbocycles. The molecule has 1 rings (SSSR count). The minimum atomic E-state index is -3.86. The highest BCUT2D eigenvalue weighted by atomic mass is 35.7. The molecule has 0 spiro atoms. The smallest absolute Gasteiger partial charge is 0.261 e. The van der Waals surface area contributed by atoms with Gasteiger partial charge in [0.05, 0.1) is 4.90 Å². The van der Waals surface area contributed by atoms with Gasteiger partial charge in [0.25, 0.3) is 15.0 Å². The van der Waals surface area contributed by atoms with Crippen molar-refractivity contribution in [3.05, 3.63) is 28.8 Å². The molecule has 1 aromatic rings. The zero-order valence-corrected chi connectivity index (χ0v) is 14.7. The lowest BCUT2D eigenvalue weighted by atomic mass is 10.0. The van der Waals surface area contributed by atoms with Crippen molar-refractivity contribution in [1.82, 2.24) is 4.90 Å². The van der Waals surface area contributed by atoms with Crippen LogP contribution in [0, 0.1) is 19.8 Å². The fourth-order valence-corrected chi connectivity index (χ4v) is 3.49. The molecule has 6 heteroatoms. The van der Waals surface area contributed by atoms with E-state index in [2.05, 4.69) is 0 Å². The van der Waals surface area contributed by atoms with Gasteiger partial charge in [0.15, 0.2) is 0 Å². The Morgan fingerprint density at radius 2 is 1.81 bits per heavy atom. The molecule has 21 heavy (non-hydrogen) atoms. The lowest BCUT2D eigenvalue weighted by Crippen LogP contribution is -2.34. The summed E-state index contributed by atoms with van der Waals surface area (Å²) in [6, 6.07) is 3.07. The van der Waals surface area contributed by atoms with Gasteiger partial charge in [-0.05, 0) is 43.9 Å². The molecule has 0 aromatic heterocycles. The molecule has 118 valence electrons. The van der Waals surface area contributed by atoms with E-state index in [1.165, 1.54) is 6.07 Å². The highest BCUT2D eigenvalue weighted by molar-refractivity contribution is 8.13. The van der Waals surface area contributed by atoms with E-state index in [9.17, 15) is 13.2 Å². The van der Waals surface area contributed by atoms with Crippen molar-refractivity contribution in [2.45, 2.75) is 39.5 Å². The number of aryl methyl sites for hydroxylation is 2. The molecule has 0 aliphatic heterocycles. The topological polar surface area (TPSA) is 54.5 Å². The summed E-state index contributed by atoms with van der Waals surface area (Å²) in [6.07, 6.45) is 0. The van der Waals surface area contributed by atoms with Crippen LogP contribution in [0.1, 0.15) is 42.3 Å². The van der Waals surface area contributed by atoms with Gasteiger partial charge in [0, 0.05) is 29.3 Å². The van der Waals surface area contributed by atoms with Crippen molar-refractivity contribution in [3.63, 3.8) is 0 Å². The van der Waals surface area contributed by atoms with Crippen molar-refractivity contribution >= 4 is 25.6 Å². The monoisotopic (exact) mass is 331 g/mol. The van der Waals surface area contributed by atoms with Crippen molar-refractivity contribution in [3.8, 4) is 0 Å². The summed E-state index contributed by atoms with van der Waals surface area (Å²) < 4.78 is 23.2. The number of halogens is 1. The Morgan fingerprint density at radius 3 is 2.24 bits per heavy atom. The number of carbonyl (C=O) groups is 1. The van der Waals surface area contributed by atoms with Crippen LogP contribution in [0.15, 0.2) is 17.0 Å². The first-order valence-corrected chi connectivity index (χ1v) is 9.24. The van der Waals surface area contributed by atoms with Gasteiger partial charge in [-0.25, -0.2) is 8.42 Å². The Labute approximate surface area is 131 Å². The molecule has 0 saturated carbocycles.